The van der Waals surface area contributed by atoms with E-state index in [-0.39, 0.29) is 5.91 Å². The lowest BCUT2D eigenvalue weighted by Crippen LogP contribution is -2.30. The SMILES string of the molecule is N#Cc1ccc(N2CCCN(Cc3ccc(C(=O)Nc4ccccc4)cc3)CC2)cc1. The van der Waals surface area contributed by atoms with Gasteiger partial charge in [0.1, 0.15) is 0 Å². The Morgan fingerprint density at radius 3 is 2.32 bits per heavy atom. The van der Waals surface area contributed by atoms with E-state index in [0.717, 1.165) is 44.8 Å². The summed E-state index contributed by atoms with van der Waals surface area (Å²) < 4.78 is 0. The molecule has 4 rings (SSSR count). The third-order valence-electron chi connectivity index (χ3n) is 5.60. The molecule has 1 amide bonds. The molecule has 1 heterocycles. The van der Waals surface area contributed by atoms with Crippen LogP contribution in [0.4, 0.5) is 11.4 Å². The molecule has 1 aliphatic heterocycles. The molecule has 0 saturated carbocycles. The maximum Gasteiger partial charge on any atom is 0.255 e. The molecule has 1 N–H and O–H groups in total. The number of anilines is 2. The van der Waals surface area contributed by atoms with Crippen molar-refractivity contribution in [1.29, 1.82) is 5.26 Å². The van der Waals surface area contributed by atoms with Gasteiger partial charge in [-0.3, -0.25) is 9.69 Å². The number of para-hydroxylation sites is 1. The number of nitriles is 1. The molecule has 0 unspecified atom stereocenters. The summed E-state index contributed by atoms with van der Waals surface area (Å²) in [5, 5.41) is 11.9. The number of nitrogens with zero attached hydrogens (tertiary/aromatic N) is 3. The van der Waals surface area contributed by atoms with Crippen LogP contribution in [-0.4, -0.2) is 37.0 Å². The molecule has 1 aliphatic rings. The van der Waals surface area contributed by atoms with Gasteiger partial charge in [0, 0.05) is 49.7 Å². The normalized spacial score (nSPS) is 14.5. The van der Waals surface area contributed by atoms with Crippen LogP contribution in [0.3, 0.4) is 0 Å². The standard InChI is InChI=1S/C26H26N4O/c27-19-21-9-13-25(14-10-21)30-16-4-15-29(17-18-30)20-22-7-11-23(12-8-22)26(31)28-24-5-2-1-3-6-24/h1-3,5-14H,4,15-18,20H2,(H,28,31). The Morgan fingerprint density at radius 1 is 0.871 bits per heavy atom. The van der Waals surface area contributed by atoms with Gasteiger partial charge in [-0.25, -0.2) is 0 Å². The van der Waals surface area contributed by atoms with Crippen LogP contribution in [0.5, 0.6) is 0 Å². The second kappa shape index (κ2) is 9.92. The molecule has 3 aromatic carbocycles. The maximum absolute atomic E-state index is 12.4. The number of benzene rings is 3. The number of rotatable bonds is 5. The number of carbonyl (C=O) groups excluding carboxylic acids is 1. The predicted molar refractivity (Wildman–Crippen MR) is 124 cm³/mol. The molecule has 31 heavy (non-hydrogen) atoms. The zero-order chi connectivity index (χ0) is 21.5. The van der Waals surface area contributed by atoms with Crippen molar-refractivity contribution in [3.63, 3.8) is 0 Å². The fourth-order valence-electron chi connectivity index (χ4n) is 3.88. The van der Waals surface area contributed by atoms with Crippen molar-refractivity contribution < 1.29 is 4.79 Å². The van der Waals surface area contributed by atoms with Crippen LogP contribution < -0.4 is 10.2 Å². The van der Waals surface area contributed by atoms with Crippen molar-refractivity contribution in [1.82, 2.24) is 4.90 Å². The molecule has 0 aliphatic carbocycles. The number of carbonyl (C=O) groups is 1. The lowest BCUT2D eigenvalue weighted by molar-refractivity contribution is 0.102. The van der Waals surface area contributed by atoms with E-state index >= 15 is 0 Å². The number of amides is 1. The maximum atomic E-state index is 12.4. The molecular formula is C26H26N4O. The Morgan fingerprint density at radius 2 is 1.61 bits per heavy atom. The monoisotopic (exact) mass is 410 g/mol. The summed E-state index contributed by atoms with van der Waals surface area (Å²) in [7, 11) is 0. The van der Waals surface area contributed by atoms with Gasteiger partial charge in [0.05, 0.1) is 11.6 Å². The zero-order valence-corrected chi connectivity index (χ0v) is 17.5. The molecule has 156 valence electrons. The lowest BCUT2D eigenvalue weighted by atomic mass is 10.1. The second-order valence-corrected chi connectivity index (χ2v) is 7.79. The van der Waals surface area contributed by atoms with Crippen LogP contribution in [0.15, 0.2) is 78.9 Å². The van der Waals surface area contributed by atoms with E-state index in [9.17, 15) is 4.79 Å². The van der Waals surface area contributed by atoms with E-state index in [1.54, 1.807) is 0 Å². The van der Waals surface area contributed by atoms with Crippen LogP contribution in [-0.2, 0) is 6.54 Å². The molecule has 3 aromatic rings. The number of hydrogen-bond acceptors (Lipinski definition) is 4. The van der Waals surface area contributed by atoms with E-state index in [2.05, 4.69) is 21.2 Å². The first-order chi connectivity index (χ1) is 15.2. The molecule has 0 aromatic heterocycles. The molecule has 5 nitrogen and oxygen atoms in total. The summed E-state index contributed by atoms with van der Waals surface area (Å²) in [6, 6.07) is 27.4. The predicted octanol–water partition coefficient (Wildman–Crippen LogP) is 4.52. The van der Waals surface area contributed by atoms with Gasteiger partial charge < -0.3 is 10.2 Å². The highest BCUT2D eigenvalue weighted by atomic mass is 16.1. The molecule has 0 atom stereocenters. The zero-order valence-electron chi connectivity index (χ0n) is 17.5. The Bertz CT molecular complexity index is 1040. The first-order valence-electron chi connectivity index (χ1n) is 10.6. The van der Waals surface area contributed by atoms with Gasteiger partial charge in [0.2, 0.25) is 0 Å². The second-order valence-electron chi connectivity index (χ2n) is 7.79. The van der Waals surface area contributed by atoms with Gasteiger partial charge in [0.15, 0.2) is 0 Å². The van der Waals surface area contributed by atoms with E-state index in [4.69, 9.17) is 5.26 Å². The van der Waals surface area contributed by atoms with Gasteiger partial charge in [-0.2, -0.15) is 5.26 Å². The molecule has 5 heteroatoms. The Kier molecular flexibility index (Phi) is 6.61. The fourth-order valence-corrected chi connectivity index (χ4v) is 3.88. The fraction of sp³-hybridized carbons (Fsp3) is 0.231. The summed E-state index contributed by atoms with van der Waals surface area (Å²) in [4.78, 5) is 17.3. The number of nitrogens with one attached hydrogen (secondary N) is 1. The molecule has 1 fully saturated rings. The first-order valence-corrected chi connectivity index (χ1v) is 10.6. The number of hydrogen-bond donors (Lipinski definition) is 1. The van der Waals surface area contributed by atoms with Crippen molar-refractivity contribution in [2.45, 2.75) is 13.0 Å². The molecule has 0 radical (unpaired) electrons. The molecule has 1 saturated heterocycles. The van der Waals surface area contributed by atoms with Gasteiger partial charge in [0.25, 0.3) is 5.91 Å². The van der Waals surface area contributed by atoms with Crippen molar-refractivity contribution in [3.05, 3.63) is 95.6 Å². The highest BCUT2D eigenvalue weighted by Crippen LogP contribution is 2.18. The topological polar surface area (TPSA) is 59.4 Å². The van der Waals surface area contributed by atoms with Gasteiger partial charge in [-0.05, 0) is 60.5 Å². The summed E-state index contributed by atoms with van der Waals surface area (Å²) in [5.74, 6) is -0.0921. The van der Waals surface area contributed by atoms with E-state index < -0.39 is 0 Å². The molecule has 0 bridgehead atoms. The van der Waals surface area contributed by atoms with Crippen LogP contribution in [0.25, 0.3) is 0 Å². The molecular weight excluding hydrogens is 384 g/mol. The third-order valence-corrected chi connectivity index (χ3v) is 5.60. The van der Waals surface area contributed by atoms with Crippen LogP contribution in [0.2, 0.25) is 0 Å². The van der Waals surface area contributed by atoms with E-state index in [1.807, 2.05) is 78.9 Å². The minimum absolute atomic E-state index is 0.0921. The summed E-state index contributed by atoms with van der Waals surface area (Å²) >= 11 is 0. The lowest BCUT2D eigenvalue weighted by Gasteiger charge is -2.23. The highest BCUT2D eigenvalue weighted by molar-refractivity contribution is 6.04. The van der Waals surface area contributed by atoms with Gasteiger partial charge in [-0.1, -0.05) is 30.3 Å². The first kappa shape index (κ1) is 20.6. The van der Waals surface area contributed by atoms with Crippen LogP contribution >= 0.6 is 0 Å². The minimum atomic E-state index is -0.0921. The van der Waals surface area contributed by atoms with Gasteiger partial charge in [-0.15, -0.1) is 0 Å². The van der Waals surface area contributed by atoms with Crippen molar-refractivity contribution >= 4 is 17.3 Å². The van der Waals surface area contributed by atoms with Crippen LogP contribution in [0, 0.1) is 11.3 Å². The summed E-state index contributed by atoms with van der Waals surface area (Å²) in [5.41, 5.74) is 4.54. The average molecular weight is 411 g/mol. The average Bonchev–Trinajstić information content (AvgIpc) is 3.06. The minimum Gasteiger partial charge on any atom is -0.370 e. The van der Waals surface area contributed by atoms with Gasteiger partial charge >= 0.3 is 0 Å². The highest BCUT2D eigenvalue weighted by Gasteiger charge is 2.16. The van der Waals surface area contributed by atoms with E-state index in [0.29, 0.717) is 11.1 Å². The van der Waals surface area contributed by atoms with E-state index in [1.165, 1.54) is 11.3 Å². The Labute approximate surface area is 183 Å². The van der Waals surface area contributed by atoms with Crippen molar-refractivity contribution in [2.24, 2.45) is 0 Å². The van der Waals surface area contributed by atoms with Crippen LogP contribution in [0.1, 0.15) is 27.9 Å². The molecule has 0 spiro atoms. The largest absolute Gasteiger partial charge is 0.370 e. The van der Waals surface area contributed by atoms with Crippen molar-refractivity contribution in [3.8, 4) is 6.07 Å². The summed E-state index contributed by atoms with van der Waals surface area (Å²) in [6.07, 6.45) is 1.09. The summed E-state index contributed by atoms with van der Waals surface area (Å²) in [6.45, 7) is 4.88. The quantitative estimate of drug-likeness (QED) is 0.672. The Hall–Kier alpha value is -3.62. The Balaban J connectivity index is 1.32. The van der Waals surface area contributed by atoms with Crippen molar-refractivity contribution in [2.75, 3.05) is 36.4 Å². The third kappa shape index (κ3) is 5.50. The smallest absolute Gasteiger partial charge is 0.255 e.